The van der Waals surface area contributed by atoms with Crippen molar-refractivity contribution in [2.75, 3.05) is 5.32 Å². The Morgan fingerprint density at radius 1 is 1.17 bits per heavy atom. The van der Waals surface area contributed by atoms with Crippen LogP contribution in [0.4, 0.5) is 14.5 Å². The normalized spacial score (nSPS) is 11.8. The van der Waals surface area contributed by atoms with E-state index in [1.165, 1.54) is 36.5 Å². The number of carbonyl (C=O) groups is 2. The van der Waals surface area contributed by atoms with Crippen molar-refractivity contribution >= 4 is 28.8 Å². The summed E-state index contributed by atoms with van der Waals surface area (Å²) >= 11 is 1.25. The molecule has 0 spiro atoms. The largest absolute Gasteiger partial charge is 0.433 e. The zero-order valence-corrected chi connectivity index (χ0v) is 12.9. The Hall–Kier alpha value is -2.48. The summed E-state index contributed by atoms with van der Waals surface area (Å²) in [4.78, 5) is 24.4. The lowest BCUT2D eigenvalue weighted by Gasteiger charge is -2.16. The molecule has 0 aliphatic rings. The molecule has 0 saturated carbocycles. The predicted octanol–water partition coefficient (Wildman–Crippen LogP) is 3.11. The molecule has 1 heterocycles. The Balaban J connectivity index is 2.00. The molecule has 2 rings (SSSR count). The van der Waals surface area contributed by atoms with Gasteiger partial charge in [0.2, 0.25) is 5.91 Å². The molecular formula is C15H14F2N2O3S. The molecule has 0 radical (unpaired) electrons. The first-order chi connectivity index (χ1) is 11.0. The smallest absolute Gasteiger partial charge is 0.387 e. The van der Waals surface area contributed by atoms with Crippen molar-refractivity contribution in [3.8, 4) is 5.75 Å². The third-order valence-corrected chi connectivity index (χ3v) is 3.72. The SMILES string of the molecule is CC(NC(=O)c1cccs1)C(=O)Nc1ccccc1OC(F)F. The van der Waals surface area contributed by atoms with Gasteiger partial charge in [0, 0.05) is 0 Å². The molecule has 0 saturated heterocycles. The predicted molar refractivity (Wildman–Crippen MR) is 83.0 cm³/mol. The number of nitrogens with one attached hydrogen (secondary N) is 2. The van der Waals surface area contributed by atoms with Crippen molar-refractivity contribution in [2.45, 2.75) is 19.6 Å². The molecule has 8 heteroatoms. The fourth-order valence-electron chi connectivity index (χ4n) is 1.75. The van der Waals surface area contributed by atoms with Crippen molar-refractivity contribution in [3.05, 3.63) is 46.7 Å². The Bertz CT molecular complexity index is 677. The van der Waals surface area contributed by atoms with Gasteiger partial charge >= 0.3 is 6.61 Å². The summed E-state index contributed by atoms with van der Waals surface area (Å²) in [6.45, 7) is -1.50. The van der Waals surface area contributed by atoms with Crippen molar-refractivity contribution in [2.24, 2.45) is 0 Å². The van der Waals surface area contributed by atoms with E-state index in [9.17, 15) is 18.4 Å². The molecule has 1 aromatic heterocycles. The van der Waals surface area contributed by atoms with Crippen LogP contribution in [-0.2, 0) is 4.79 Å². The average Bonchev–Trinajstić information content (AvgIpc) is 3.03. The van der Waals surface area contributed by atoms with Crippen molar-refractivity contribution in [3.63, 3.8) is 0 Å². The molecule has 5 nitrogen and oxygen atoms in total. The summed E-state index contributed by atoms with van der Waals surface area (Å²) in [7, 11) is 0. The highest BCUT2D eigenvalue weighted by molar-refractivity contribution is 7.12. The van der Waals surface area contributed by atoms with Crippen LogP contribution in [0, 0.1) is 0 Å². The standard InChI is InChI=1S/C15H14F2N2O3S/c1-9(18-14(21)12-7-4-8-23-12)13(20)19-10-5-2-3-6-11(10)22-15(16)17/h2-9,15H,1H3,(H,18,21)(H,19,20). The van der Waals surface area contributed by atoms with Crippen LogP contribution in [-0.4, -0.2) is 24.5 Å². The zero-order valence-electron chi connectivity index (χ0n) is 12.1. The number of halogens is 2. The number of anilines is 1. The second-order valence-electron chi connectivity index (χ2n) is 4.54. The lowest BCUT2D eigenvalue weighted by Crippen LogP contribution is -2.41. The highest BCUT2D eigenvalue weighted by Crippen LogP contribution is 2.25. The highest BCUT2D eigenvalue weighted by Gasteiger charge is 2.19. The third-order valence-electron chi connectivity index (χ3n) is 2.85. The number of benzene rings is 1. The lowest BCUT2D eigenvalue weighted by atomic mass is 10.2. The van der Waals surface area contributed by atoms with E-state index in [4.69, 9.17) is 0 Å². The molecule has 2 aromatic rings. The van der Waals surface area contributed by atoms with Crippen LogP contribution in [0.1, 0.15) is 16.6 Å². The number of thiophene rings is 1. The fraction of sp³-hybridized carbons (Fsp3) is 0.200. The Kier molecular flexibility index (Phi) is 5.64. The van der Waals surface area contributed by atoms with E-state index >= 15 is 0 Å². The molecule has 1 unspecified atom stereocenters. The van der Waals surface area contributed by atoms with Crippen LogP contribution in [0.15, 0.2) is 41.8 Å². The van der Waals surface area contributed by atoms with E-state index < -0.39 is 18.6 Å². The van der Waals surface area contributed by atoms with E-state index in [0.717, 1.165) is 0 Å². The Morgan fingerprint density at radius 3 is 2.57 bits per heavy atom. The maximum absolute atomic E-state index is 12.3. The first-order valence-corrected chi connectivity index (χ1v) is 7.54. The van der Waals surface area contributed by atoms with Gasteiger partial charge in [-0.25, -0.2) is 0 Å². The number of para-hydroxylation sites is 2. The van der Waals surface area contributed by atoms with Crippen molar-refractivity contribution in [1.82, 2.24) is 5.32 Å². The van der Waals surface area contributed by atoms with Gasteiger partial charge in [-0.05, 0) is 30.5 Å². The van der Waals surface area contributed by atoms with Gasteiger partial charge in [-0.15, -0.1) is 11.3 Å². The monoisotopic (exact) mass is 340 g/mol. The molecule has 1 aromatic carbocycles. The number of hydrogen-bond acceptors (Lipinski definition) is 4. The Labute approximate surface area is 135 Å². The number of alkyl halides is 2. The molecule has 2 amide bonds. The van der Waals surface area contributed by atoms with Crippen LogP contribution >= 0.6 is 11.3 Å². The summed E-state index contributed by atoms with van der Waals surface area (Å²) in [6, 6.07) is 8.35. The Morgan fingerprint density at radius 2 is 1.91 bits per heavy atom. The number of amides is 2. The van der Waals surface area contributed by atoms with Crippen LogP contribution in [0.2, 0.25) is 0 Å². The number of ether oxygens (including phenoxy) is 1. The third kappa shape index (κ3) is 4.75. The maximum Gasteiger partial charge on any atom is 0.387 e. The van der Waals surface area contributed by atoms with Crippen LogP contribution in [0.5, 0.6) is 5.75 Å². The lowest BCUT2D eigenvalue weighted by molar-refractivity contribution is -0.117. The van der Waals surface area contributed by atoms with E-state index in [2.05, 4.69) is 15.4 Å². The van der Waals surface area contributed by atoms with E-state index in [-0.39, 0.29) is 17.3 Å². The molecule has 0 bridgehead atoms. The van der Waals surface area contributed by atoms with E-state index in [0.29, 0.717) is 4.88 Å². The van der Waals surface area contributed by atoms with Crippen LogP contribution in [0.3, 0.4) is 0 Å². The number of carbonyl (C=O) groups excluding carboxylic acids is 2. The van der Waals surface area contributed by atoms with Gasteiger partial charge in [-0.2, -0.15) is 8.78 Å². The quantitative estimate of drug-likeness (QED) is 0.849. The summed E-state index contributed by atoms with van der Waals surface area (Å²) < 4.78 is 29.0. The van der Waals surface area contributed by atoms with Gasteiger partial charge in [-0.1, -0.05) is 18.2 Å². The fourth-order valence-corrected chi connectivity index (χ4v) is 2.38. The van der Waals surface area contributed by atoms with Crippen LogP contribution in [0.25, 0.3) is 0 Å². The molecule has 0 aliphatic carbocycles. The molecular weight excluding hydrogens is 326 g/mol. The van der Waals surface area contributed by atoms with Gasteiger partial charge in [0.15, 0.2) is 0 Å². The van der Waals surface area contributed by atoms with Gasteiger partial charge in [-0.3, -0.25) is 9.59 Å². The van der Waals surface area contributed by atoms with Crippen molar-refractivity contribution < 1.29 is 23.1 Å². The summed E-state index contributed by atoms with van der Waals surface area (Å²) in [5.74, 6) is -1.06. The van der Waals surface area contributed by atoms with E-state index in [1.807, 2.05) is 0 Å². The minimum absolute atomic E-state index is 0.107. The van der Waals surface area contributed by atoms with Gasteiger partial charge in [0.25, 0.3) is 5.91 Å². The summed E-state index contributed by atoms with van der Waals surface area (Å²) in [6.07, 6.45) is 0. The van der Waals surface area contributed by atoms with E-state index in [1.54, 1.807) is 23.6 Å². The van der Waals surface area contributed by atoms with Gasteiger partial charge in [0.05, 0.1) is 10.6 Å². The summed E-state index contributed by atoms with van der Waals surface area (Å²) in [5, 5.41) is 6.74. The van der Waals surface area contributed by atoms with Gasteiger partial charge in [0.1, 0.15) is 11.8 Å². The topological polar surface area (TPSA) is 67.4 Å². The first-order valence-electron chi connectivity index (χ1n) is 6.66. The molecule has 1 atom stereocenters. The number of rotatable bonds is 6. The summed E-state index contributed by atoms with van der Waals surface area (Å²) in [5.41, 5.74) is 0.107. The zero-order chi connectivity index (χ0) is 16.8. The molecule has 2 N–H and O–H groups in total. The molecule has 0 fully saturated rings. The minimum Gasteiger partial charge on any atom is -0.433 e. The second kappa shape index (κ2) is 7.68. The average molecular weight is 340 g/mol. The molecule has 122 valence electrons. The minimum atomic E-state index is -3.00. The van der Waals surface area contributed by atoms with Crippen LogP contribution < -0.4 is 15.4 Å². The highest BCUT2D eigenvalue weighted by atomic mass is 32.1. The molecule has 23 heavy (non-hydrogen) atoms. The van der Waals surface area contributed by atoms with Gasteiger partial charge < -0.3 is 15.4 Å². The second-order valence-corrected chi connectivity index (χ2v) is 5.48. The maximum atomic E-state index is 12.3. The first kappa shape index (κ1) is 16.9. The molecule has 0 aliphatic heterocycles. The van der Waals surface area contributed by atoms with Crippen molar-refractivity contribution in [1.29, 1.82) is 0 Å². The number of hydrogen-bond donors (Lipinski definition) is 2.